The topological polar surface area (TPSA) is 46.4 Å². The highest BCUT2D eigenvalue weighted by atomic mass is 19.1. The lowest BCUT2D eigenvalue weighted by Crippen LogP contribution is -2.19. The summed E-state index contributed by atoms with van der Waals surface area (Å²) < 4.78 is 12.0. The first kappa shape index (κ1) is 10.4. The highest BCUT2D eigenvalue weighted by Gasteiger charge is 2.07. The van der Waals surface area contributed by atoms with Gasteiger partial charge in [-0.2, -0.15) is 0 Å². The van der Waals surface area contributed by atoms with Gasteiger partial charge < -0.3 is 4.90 Å². The molecule has 0 saturated heterocycles. The number of anilines is 1. The molecule has 0 spiro atoms. The van der Waals surface area contributed by atoms with E-state index in [0.29, 0.717) is 5.69 Å². The molecule has 0 aliphatic heterocycles. The molecule has 0 unspecified atom stereocenters. The van der Waals surface area contributed by atoms with Crippen molar-refractivity contribution in [2.45, 2.75) is 0 Å². The maximum absolute atomic E-state index is 12.0. The van der Waals surface area contributed by atoms with Gasteiger partial charge in [0.05, 0.1) is 4.92 Å². The number of nitro benzene ring substituents is 1. The molecule has 0 aromatic heterocycles. The van der Waals surface area contributed by atoms with E-state index in [9.17, 15) is 14.5 Å². The van der Waals surface area contributed by atoms with E-state index < -0.39 is 11.6 Å². The van der Waals surface area contributed by atoms with Crippen molar-refractivity contribution in [3.63, 3.8) is 0 Å². The van der Waals surface area contributed by atoms with Crippen LogP contribution >= 0.6 is 0 Å². The van der Waals surface area contributed by atoms with Gasteiger partial charge >= 0.3 is 0 Å². The molecule has 0 aliphatic rings. The Bertz CT molecular complexity index is 330. The first-order chi connectivity index (χ1) is 6.65. The van der Waals surface area contributed by atoms with Crippen LogP contribution in [-0.2, 0) is 0 Å². The van der Waals surface area contributed by atoms with Gasteiger partial charge in [0.15, 0.2) is 0 Å². The van der Waals surface area contributed by atoms with Crippen molar-refractivity contribution in [3.05, 3.63) is 34.4 Å². The monoisotopic (exact) mass is 198 g/mol. The molecule has 0 aliphatic carbocycles. The summed E-state index contributed by atoms with van der Waals surface area (Å²) >= 11 is 0. The minimum atomic E-state index is -0.473. The predicted octanol–water partition coefficient (Wildman–Crippen LogP) is 2.00. The Balaban J connectivity index is 2.87. The maximum Gasteiger partial charge on any atom is 0.271 e. The van der Waals surface area contributed by atoms with E-state index in [1.54, 1.807) is 24.1 Å². The molecule has 0 bridgehead atoms. The first-order valence-electron chi connectivity index (χ1n) is 4.16. The summed E-state index contributed by atoms with van der Waals surface area (Å²) in [6.07, 6.45) is 0. The van der Waals surface area contributed by atoms with E-state index in [0.717, 1.165) is 0 Å². The van der Waals surface area contributed by atoms with E-state index in [2.05, 4.69) is 0 Å². The zero-order valence-electron chi connectivity index (χ0n) is 7.81. The van der Waals surface area contributed by atoms with Crippen LogP contribution in [0.5, 0.6) is 0 Å². The van der Waals surface area contributed by atoms with E-state index in [1.165, 1.54) is 12.1 Å². The summed E-state index contributed by atoms with van der Waals surface area (Å²) in [4.78, 5) is 11.6. The third kappa shape index (κ3) is 2.42. The van der Waals surface area contributed by atoms with Gasteiger partial charge in [0, 0.05) is 31.4 Å². The van der Waals surface area contributed by atoms with Crippen molar-refractivity contribution >= 4 is 11.4 Å². The van der Waals surface area contributed by atoms with Crippen LogP contribution in [0.25, 0.3) is 0 Å². The lowest BCUT2D eigenvalue weighted by atomic mass is 10.2. The number of rotatable bonds is 4. The summed E-state index contributed by atoms with van der Waals surface area (Å²) in [5, 5.41) is 10.4. The molecule has 5 heteroatoms. The van der Waals surface area contributed by atoms with Gasteiger partial charge in [0.2, 0.25) is 0 Å². The van der Waals surface area contributed by atoms with E-state index in [1.807, 2.05) is 0 Å². The van der Waals surface area contributed by atoms with E-state index in [4.69, 9.17) is 0 Å². The Morgan fingerprint density at radius 3 is 2.86 bits per heavy atom. The third-order valence-electron chi connectivity index (χ3n) is 1.90. The molecular weight excluding hydrogens is 187 g/mol. The highest BCUT2D eigenvalue weighted by Crippen LogP contribution is 2.19. The molecule has 0 radical (unpaired) electrons. The molecule has 1 aromatic carbocycles. The Kier molecular flexibility index (Phi) is 3.39. The smallest absolute Gasteiger partial charge is 0.271 e. The summed E-state index contributed by atoms with van der Waals surface area (Å²) in [5.74, 6) is 0. The Morgan fingerprint density at radius 2 is 2.29 bits per heavy atom. The predicted molar refractivity (Wildman–Crippen MR) is 52.3 cm³/mol. The number of benzene rings is 1. The fourth-order valence-electron chi connectivity index (χ4n) is 1.10. The van der Waals surface area contributed by atoms with E-state index in [-0.39, 0.29) is 12.2 Å². The van der Waals surface area contributed by atoms with Crippen LogP contribution in [0.3, 0.4) is 0 Å². The standard InChI is InChI=1S/C9H11FN2O2/c1-11(6-5-10)8-3-2-4-9(7-8)12(13)14/h2-4,7H,5-6H2,1H3. The van der Waals surface area contributed by atoms with Crippen LogP contribution in [0.2, 0.25) is 0 Å². The van der Waals surface area contributed by atoms with Crippen molar-refractivity contribution in [3.8, 4) is 0 Å². The fraction of sp³-hybridized carbons (Fsp3) is 0.333. The van der Waals surface area contributed by atoms with Crippen molar-refractivity contribution < 1.29 is 9.31 Å². The van der Waals surface area contributed by atoms with Crippen LogP contribution in [0.1, 0.15) is 0 Å². The maximum atomic E-state index is 12.0. The quantitative estimate of drug-likeness (QED) is 0.549. The van der Waals surface area contributed by atoms with Gasteiger partial charge in [0.25, 0.3) is 5.69 Å². The lowest BCUT2D eigenvalue weighted by Gasteiger charge is -2.16. The lowest BCUT2D eigenvalue weighted by molar-refractivity contribution is -0.384. The van der Waals surface area contributed by atoms with Crippen LogP contribution in [0.15, 0.2) is 24.3 Å². The highest BCUT2D eigenvalue weighted by molar-refractivity contribution is 5.52. The first-order valence-corrected chi connectivity index (χ1v) is 4.16. The van der Waals surface area contributed by atoms with Crippen molar-refractivity contribution in [2.24, 2.45) is 0 Å². The molecule has 4 nitrogen and oxygen atoms in total. The number of hydrogen-bond acceptors (Lipinski definition) is 3. The molecule has 76 valence electrons. The zero-order chi connectivity index (χ0) is 10.6. The number of alkyl halides is 1. The molecule has 0 N–H and O–H groups in total. The SMILES string of the molecule is CN(CCF)c1cccc([N+](=O)[O-])c1. The van der Waals surface area contributed by atoms with Crippen molar-refractivity contribution in [1.29, 1.82) is 0 Å². The number of nitro groups is 1. The second-order valence-electron chi connectivity index (χ2n) is 2.89. The number of hydrogen-bond donors (Lipinski definition) is 0. The third-order valence-corrected chi connectivity index (χ3v) is 1.90. The van der Waals surface area contributed by atoms with Crippen LogP contribution in [0.4, 0.5) is 15.8 Å². The number of halogens is 1. The minimum absolute atomic E-state index is 0.0215. The van der Waals surface area contributed by atoms with Gasteiger partial charge in [0.1, 0.15) is 6.67 Å². The molecule has 0 fully saturated rings. The van der Waals surface area contributed by atoms with Crippen LogP contribution in [0, 0.1) is 10.1 Å². The van der Waals surface area contributed by atoms with Crippen LogP contribution in [-0.4, -0.2) is 25.2 Å². The summed E-state index contributed by atoms with van der Waals surface area (Å²) in [7, 11) is 1.69. The van der Waals surface area contributed by atoms with Gasteiger partial charge in [-0.25, -0.2) is 4.39 Å². The number of nitrogens with zero attached hydrogens (tertiary/aromatic N) is 2. The molecule has 1 aromatic rings. The molecule has 0 heterocycles. The van der Waals surface area contributed by atoms with Gasteiger partial charge in [-0.1, -0.05) is 6.07 Å². The average molecular weight is 198 g/mol. The van der Waals surface area contributed by atoms with Crippen molar-refractivity contribution in [1.82, 2.24) is 0 Å². The normalized spacial score (nSPS) is 9.86. The number of non-ortho nitro benzene ring substituents is 1. The second-order valence-corrected chi connectivity index (χ2v) is 2.89. The molecular formula is C9H11FN2O2. The minimum Gasteiger partial charge on any atom is -0.372 e. The molecule has 0 atom stereocenters. The van der Waals surface area contributed by atoms with E-state index >= 15 is 0 Å². The zero-order valence-corrected chi connectivity index (χ0v) is 7.81. The van der Waals surface area contributed by atoms with Gasteiger partial charge in [-0.15, -0.1) is 0 Å². The van der Waals surface area contributed by atoms with Crippen molar-refractivity contribution in [2.75, 3.05) is 25.2 Å². The van der Waals surface area contributed by atoms with Crippen LogP contribution < -0.4 is 4.90 Å². The molecule has 0 saturated carbocycles. The largest absolute Gasteiger partial charge is 0.372 e. The molecule has 0 amide bonds. The molecule has 1 rings (SSSR count). The average Bonchev–Trinajstić information content (AvgIpc) is 2.18. The second kappa shape index (κ2) is 4.55. The Morgan fingerprint density at radius 1 is 1.57 bits per heavy atom. The fourth-order valence-corrected chi connectivity index (χ4v) is 1.10. The van der Waals surface area contributed by atoms with Gasteiger partial charge in [-0.05, 0) is 6.07 Å². The molecule has 14 heavy (non-hydrogen) atoms. The summed E-state index contributed by atoms with van der Waals surface area (Å²) in [5.41, 5.74) is 0.671. The summed E-state index contributed by atoms with van der Waals surface area (Å²) in [6.45, 7) is -0.236. The Hall–Kier alpha value is -1.65. The Labute approximate surface area is 81.1 Å². The summed E-state index contributed by atoms with van der Waals surface area (Å²) in [6, 6.07) is 6.13. The van der Waals surface area contributed by atoms with Gasteiger partial charge in [-0.3, -0.25) is 10.1 Å².